The third-order valence-electron chi connectivity index (χ3n) is 6.52. The molecule has 0 aromatic carbocycles. The molecule has 1 aromatic heterocycles. The number of nitriles is 1. The van der Waals surface area contributed by atoms with Crippen molar-refractivity contribution in [2.45, 2.75) is 148 Å². The van der Waals surface area contributed by atoms with Gasteiger partial charge in [0.15, 0.2) is 6.54 Å². The van der Waals surface area contributed by atoms with Gasteiger partial charge in [-0.1, -0.05) is 89.4 Å². The van der Waals surface area contributed by atoms with Gasteiger partial charge in [0.2, 0.25) is 6.33 Å². The lowest BCUT2D eigenvalue weighted by Gasteiger charge is -2.02. The Hall–Kier alpha value is -2.51. The van der Waals surface area contributed by atoms with E-state index in [9.17, 15) is 4.79 Å². The molecule has 0 radical (unpaired) electrons. The molecule has 1 aromatic rings. The molecule has 0 fully saturated rings. The molecule has 0 aliphatic carbocycles. The molecular formula is C32H50N3O+. The highest BCUT2D eigenvalue weighted by atomic mass is 16.1. The quantitative estimate of drug-likeness (QED) is 0.0946. The van der Waals surface area contributed by atoms with Crippen LogP contribution in [-0.2, 0) is 17.9 Å². The second-order valence-electron chi connectivity index (χ2n) is 9.93. The van der Waals surface area contributed by atoms with E-state index in [1.165, 1.54) is 70.6 Å². The molecule has 0 amide bonds. The third-order valence-corrected chi connectivity index (χ3v) is 6.52. The average Bonchev–Trinajstić information content (AvgIpc) is 3.33. The van der Waals surface area contributed by atoms with Crippen LogP contribution >= 0.6 is 0 Å². The molecule has 0 aliphatic rings. The van der Waals surface area contributed by atoms with Gasteiger partial charge in [-0.15, -0.1) is 0 Å². The molecule has 198 valence electrons. The lowest BCUT2D eigenvalue weighted by Crippen LogP contribution is -2.30. The van der Waals surface area contributed by atoms with Gasteiger partial charge in [-0.2, -0.15) is 5.26 Å². The van der Waals surface area contributed by atoms with Crippen LogP contribution in [-0.4, -0.2) is 10.4 Å². The number of rotatable bonds is 22. The average molecular weight is 493 g/mol. The first-order chi connectivity index (χ1) is 17.8. The summed E-state index contributed by atoms with van der Waals surface area (Å²) in [6, 6.07) is 2.13. The van der Waals surface area contributed by atoms with E-state index in [1.807, 2.05) is 23.3 Å². The van der Waals surface area contributed by atoms with Gasteiger partial charge >= 0.3 is 0 Å². The normalized spacial score (nSPS) is 10.2. The lowest BCUT2D eigenvalue weighted by molar-refractivity contribution is -0.696. The van der Waals surface area contributed by atoms with E-state index >= 15 is 0 Å². The SMILES string of the molecule is CCCCCCCCCCC#CC#CCCCCCCCCC(=O)CCCC[n+]1ccn(CC#N)c1. The fraction of sp³-hybridized carbons (Fsp3) is 0.719. The summed E-state index contributed by atoms with van der Waals surface area (Å²) in [4.78, 5) is 12.1. The Labute approximate surface area is 221 Å². The number of nitrogens with zero attached hydrogens (tertiary/aromatic N) is 3. The van der Waals surface area contributed by atoms with Gasteiger partial charge in [0.05, 0.1) is 6.54 Å². The summed E-state index contributed by atoms with van der Waals surface area (Å²) >= 11 is 0. The Morgan fingerprint density at radius 3 is 1.86 bits per heavy atom. The first-order valence-corrected chi connectivity index (χ1v) is 14.7. The summed E-state index contributed by atoms with van der Waals surface area (Å²) < 4.78 is 3.95. The third kappa shape index (κ3) is 19.8. The Bertz CT molecular complexity index is 840. The maximum atomic E-state index is 12.1. The van der Waals surface area contributed by atoms with Gasteiger partial charge < -0.3 is 0 Å². The van der Waals surface area contributed by atoms with Crippen LogP contribution in [0.15, 0.2) is 18.7 Å². The first-order valence-electron chi connectivity index (χ1n) is 14.7. The van der Waals surface area contributed by atoms with Crippen LogP contribution in [0.1, 0.15) is 135 Å². The van der Waals surface area contributed by atoms with Crippen LogP contribution in [0.25, 0.3) is 0 Å². The van der Waals surface area contributed by atoms with Gasteiger partial charge in [0, 0.05) is 25.7 Å². The molecule has 0 spiro atoms. The largest absolute Gasteiger partial charge is 0.300 e. The molecule has 0 aliphatic heterocycles. The molecule has 1 heterocycles. The highest BCUT2D eigenvalue weighted by molar-refractivity contribution is 5.78. The number of aromatic nitrogens is 2. The minimum absolute atomic E-state index is 0.383. The minimum atomic E-state index is 0.383. The fourth-order valence-electron chi connectivity index (χ4n) is 4.29. The number of hydrogen-bond donors (Lipinski definition) is 0. The van der Waals surface area contributed by atoms with Gasteiger partial charge in [-0.05, 0) is 43.9 Å². The van der Waals surface area contributed by atoms with Crippen molar-refractivity contribution in [1.29, 1.82) is 5.26 Å². The van der Waals surface area contributed by atoms with E-state index in [2.05, 4.69) is 41.2 Å². The maximum Gasteiger partial charge on any atom is 0.244 e. The summed E-state index contributed by atoms with van der Waals surface area (Å²) in [6.45, 7) is 3.55. The molecule has 0 bridgehead atoms. The van der Waals surface area contributed by atoms with Crippen LogP contribution in [0.3, 0.4) is 0 Å². The number of carbonyl (C=O) groups is 1. The number of carbonyl (C=O) groups excluding carboxylic acids is 1. The summed E-state index contributed by atoms with van der Waals surface area (Å²) in [6.07, 6.45) is 28.9. The van der Waals surface area contributed by atoms with Crippen molar-refractivity contribution in [2.24, 2.45) is 0 Å². The van der Waals surface area contributed by atoms with Crippen LogP contribution in [0.2, 0.25) is 0 Å². The van der Waals surface area contributed by atoms with Crippen molar-refractivity contribution in [3.63, 3.8) is 0 Å². The van der Waals surface area contributed by atoms with Crippen LogP contribution in [0, 0.1) is 35.0 Å². The number of Topliss-reactive ketones (excluding diaryl/α,β-unsaturated/α-hetero) is 1. The second-order valence-corrected chi connectivity index (χ2v) is 9.93. The van der Waals surface area contributed by atoms with Gasteiger partial charge in [-0.3, -0.25) is 4.79 Å². The zero-order valence-corrected chi connectivity index (χ0v) is 23.0. The Morgan fingerprint density at radius 2 is 1.28 bits per heavy atom. The van der Waals surface area contributed by atoms with Crippen molar-refractivity contribution in [2.75, 3.05) is 0 Å². The number of aryl methyl sites for hydroxylation is 1. The number of imidazole rings is 1. The van der Waals surface area contributed by atoms with Crippen LogP contribution in [0.5, 0.6) is 0 Å². The molecule has 0 unspecified atom stereocenters. The van der Waals surface area contributed by atoms with Crippen molar-refractivity contribution < 1.29 is 9.36 Å². The van der Waals surface area contributed by atoms with Crippen molar-refractivity contribution in [3.8, 4) is 29.8 Å². The highest BCUT2D eigenvalue weighted by Gasteiger charge is 2.05. The number of ketones is 1. The first kappa shape index (κ1) is 31.5. The fourth-order valence-corrected chi connectivity index (χ4v) is 4.29. The van der Waals surface area contributed by atoms with Crippen molar-refractivity contribution >= 4 is 5.78 Å². The zero-order chi connectivity index (χ0) is 25.9. The van der Waals surface area contributed by atoms with Gasteiger partial charge in [0.25, 0.3) is 0 Å². The zero-order valence-electron chi connectivity index (χ0n) is 23.0. The predicted molar refractivity (Wildman–Crippen MR) is 149 cm³/mol. The molecule has 0 saturated carbocycles. The Balaban J connectivity index is 1.84. The number of hydrogen-bond acceptors (Lipinski definition) is 2. The molecule has 4 heteroatoms. The molecule has 36 heavy (non-hydrogen) atoms. The lowest BCUT2D eigenvalue weighted by atomic mass is 10.0. The highest BCUT2D eigenvalue weighted by Crippen LogP contribution is 2.11. The Morgan fingerprint density at radius 1 is 0.750 bits per heavy atom. The Kier molecular flexibility index (Phi) is 21.2. The predicted octanol–water partition coefficient (Wildman–Crippen LogP) is 7.70. The van der Waals surface area contributed by atoms with E-state index in [4.69, 9.17) is 5.26 Å². The molecular weight excluding hydrogens is 442 g/mol. The second kappa shape index (κ2) is 24.2. The van der Waals surface area contributed by atoms with Crippen molar-refractivity contribution in [3.05, 3.63) is 18.7 Å². The summed E-state index contributed by atoms with van der Waals surface area (Å²) in [5.74, 6) is 12.8. The van der Waals surface area contributed by atoms with Gasteiger partial charge in [-0.25, -0.2) is 9.13 Å². The van der Waals surface area contributed by atoms with Gasteiger partial charge in [0.1, 0.15) is 24.2 Å². The van der Waals surface area contributed by atoms with E-state index in [-0.39, 0.29) is 0 Å². The van der Waals surface area contributed by atoms with E-state index in [1.54, 1.807) is 0 Å². The van der Waals surface area contributed by atoms with Crippen molar-refractivity contribution in [1.82, 2.24) is 4.57 Å². The molecule has 1 rings (SSSR count). The minimum Gasteiger partial charge on any atom is -0.300 e. The molecule has 0 saturated heterocycles. The standard InChI is InChI=1S/C32H50N3O/c1-2-3-4-5-6-7-8-9-10-11-12-13-14-15-16-17-18-19-20-21-24-32(36)25-22-23-27-34-29-30-35(31-34)28-26-33/h29-31H,2-10,15-25,27-28H2,1H3/q+1. The van der Waals surface area contributed by atoms with E-state index < -0.39 is 0 Å². The topological polar surface area (TPSA) is 49.7 Å². The van der Waals surface area contributed by atoms with Crippen LogP contribution in [0.4, 0.5) is 0 Å². The summed E-state index contributed by atoms with van der Waals surface area (Å²) in [7, 11) is 0. The summed E-state index contributed by atoms with van der Waals surface area (Å²) in [5.41, 5.74) is 0. The number of unbranched alkanes of at least 4 members (excludes halogenated alkanes) is 15. The van der Waals surface area contributed by atoms with Crippen LogP contribution < -0.4 is 4.57 Å². The molecule has 4 nitrogen and oxygen atoms in total. The smallest absolute Gasteiger partial charge is 0.244 e. The molecule has 0 N–H and O–H groups in total. The molecule has 0 atom stereocenters. The summed E-state index contributed by atoms with van der Waals surface area (Å²) in [5, 5.41) is 8.71. The monoisotopic (exact) mass is 492 g/mol. The van der Waals surface area contributed by atoms with E-state index in [0.29, 0.717) is 18.7 Å². The maximum absolute atomic E-state index is 12.1. The van der Waals surface area contributed by atoms with E-state index in [0.717, 1.165) is 57.9 Å².